The van der Waals surface area contributed by atoms with Gasteiger partial charge in [-0.3, -0.25) is 14.7 Å². The molecule has 1 aliphatic rings. The van der Waals surface area contributed by atoms with Crippen molar-refractivity contribution in [3.05, 3.63) is 17.5 Å². The van der Waals surface area contributed by atoms with Crippen LogP contribution in [0.15, 0.2) is 6.07 Å². The predicted octanol–water partition coefficient (Wildman–Crippen LogP) is 0.972. The summed E-state index contributed by atoms with van der Waals surface area (Å²) in [6.07, 6.45) is 3.49. The van der Waals surface area contributed by atoms with Gasteiger partial charge in [0.2, 0.25) is 5.91 Å². The Labute approximate surface area is 106 Å². The van der Waals surface area contributed by atoms with E-state index in [1.807, 2.05) is 11.8 Å². The number of aromatic nitrogens is 2. The minimum absolute atomic E-state index is 0.00759. The van der Waals surface area contributed by atoms with Crippen molar-refractivity contribution in [2.75, 3.05) is 6.54 Å². The SMILES string of the molecule is CCC(=O)N1CCCCC1c1cc(C(N)=O)n[nH]1. The number of rotatable bonds is 3. The van der Waals surface area contributed by atoms with E-state index in [0.717, 1.165) is 31.5 Å². The van der Waals surface area contributed by atoms with Crippen molar-refractivity contribution in [1.82, 2.24) is 15.1 Å². The van der Waals surface area contributed by atoms with E-state index in [1.54, 1.807) is 6.07 Å². The van der Waals surface area contributed by atoms with Crippen molar-refractivity contribution in [2.24, 2.45) is 5.73 Å². The lowest BCUT2D eigenvalue weighted by molar-refractivity contribution is -0.134. The lowest BCUT2D eigenvalue weighted by Crippen LogP contribution is -2.38. The highest BCUT2D eigenvalue weighted by Crippen LogP contribution is 2.30. The minimum atomic E-state index is -0.554. The van der Waals surface area contributed by atoms with Crippen LogP contribution in [0.2, 0.25) is 0 Å². The minimum Gasteiger partial charge on any atom is -0.364 e. The van der Waals surface area contributed by atoms with Crippen LogP contribution in [-0.2, 0) is 4.79 Å². The maximum Gasteiger partial charge on any atom is 0.269 e. The molecule has 1 fully saturated rings. The zero-order chi connectivity index (χ0) is 13.1. The van der Waals surface area contributed by atoms with Crippen LogP contribution < -0.4 is 5.73 Å². The van der Waals surface area contributed by atoms with Gasteiger partial charge in [-0.2, -0.15) is 5.10 Å². The van der Waals surface area contributed by atoms with Crippen LogP contribution >= 0.6 is 0 Å². The first-order chi connectivity index (χ1) is 8.63. The molecule has 6 heteroatoms. The van der Waals surface area contributed by atoms with Crippen LogP contribution in [-0.4, -0.2) is 33.5 Å². The van der Waals surface area contributed by atoms with Gasteiger partial charge in [0.15, 0.2) is 0 Å². The Hall–Kier alpha value is -1.85. The Kier molecular flexibility index (Phi) is 3.64. The Bertz CT molecular complexity index is 455. The highest BCUT2D eigenvalue weighted by Gasteiger charge is 2.28. The molecule has 0 bridgehead atoms. The molecule has 1 aliphatic heterocycles. The molecule has 0 aliphatic carbocycles. The molecule has 0 aromatic carbocycles. The second-order valence-electron chi connectivity index (χ2n) is 4.53. The van der Waals surface area contributed by atoms with Gasteiger partial charge in [-0.15, -0.1) is 0 Å². The summed E-state index contributed by atoms with van der Waals surface area (Å²) >= 11 is 0. The zero-order valence-electron chi connectivity index (χ0n) is 10.5. The van der Waals surface area contributed by atoms with Gasteiger partial charge in [0.05, 0.1) is 11.7 Å². The average molecular weight is 250 g/mol. The Morgan fingerprint density at radius 1 is 1.56 bits per heavy atom. The summed E-state index contributed by atoms with van der Waals surface area (Å²) in [4.78, 5) is 24.8. The largest absolute Gasteiger partial charge is 0.364 e. The number of H-pyrrole nitrogens is 1. The molecule has 6 nitrogen and oxygen atoms in total. The number of likely N-dealkylation sites (tertiary alicyclic amines) is 1. The molecular formula is C12H18N4O2. The summed E-state index contributed by atoms with van der Waals surface area (Å²) in [5.74, 6) is -0.420. The number of carbonyl (C=O) groups excluding carboxylic acids is 2. The standard InChI is InChI=1S/C12H18N4O2/c1-2-11(17)16-6-4-3-5-10(16)8-7-9(12(13)18)15-14-8/h7,10H,2-6H2,1H3,(H2,13,18)(H,14,15). The smallest absolute Gasteiger partial charge is 0.269 e. The predicted molar refractivity (Wildman–Crippen MR) is 65.7 cm³/mol. The van der Waals surface area contributed by atoms with E-state index in [0.29, 0.717) is 6.42 Å². The first-order valence-corrected chi connectivity index (χ1v) is 6.28. The van der Waals surface area contributed by atoms with Crippen LogP contribution in [0.3, 0.4) is 0 Å². The maximum atomic E-state index is 11.9. The van der Waals surface area contributed by atoms with E-state index >= 15 is 0 Å². The van der Waals surface area contributed by atoms with Gasteiger partial charge in [-0.25, -0.2) is 0 Å². The molecule has 0 saturated carbocycles. The molecule has 1 atom stereocenters. The molecule has 2 rings (SSSR count). The van der Waals surface area contributed by atoms with Gasteiger partial charge in [-0.1, -0.05) is 6.92 Å². The molecule has 2 amide bonds. The normalized spacial score (nSPS) is 19.8. The fraction of sp³-hybridized carbons (Fsp3) is 0.583. The Morgan fingerprint density at radius 3 is 2.94 bits per heavy atom. The maximum absolute atomic E-state index is 11.9. The van der Waals surface area contributed by atoms with Crippen molar-refractivity contribution in [3.8, 4) is 0 Å². The fourth-order valence-electron chi connectivity index (χ4n) is 2.39. The Balaban J connectivity index is 2.22. The summed E-state index contributed by atoms with van der Waals surface area (Å²) in [7, 11) is 0. The van der Waals surface area contributed by atoms with Crippen LogP contribution in [0.1, 0.15) is 54.8 Å². The molecule has 0 spiro atoms. The van der Waals surface area contributed by atoms with E-state index in [1.165, 1.54) is 0 Å². The first kappa shape index (κ1) is 12.6. The zero-order valence-corrected chi connectivity index (χ0v) is 10.5. The molecule has 18 heavy (non-hydrogen) atoms. The number of nitrogens with zero attached hydrogens (tertiary/aromatic N) is 2. The number of aromatic amines is 1. The highest BCUT2D eigenvalue weighted by atomic mass is 16.2. The number of carbonyl (C=O) groups is 2. The molecule has 1 aromatic heterocycles. The quantitative estimate of drug-likeness (QED) is 0.837. The van der Waals surface area contributed by atoms with Gasteiger partial charge < -0.3 is 10.6 Å². The molecule has 1 aromatic rings. The third kappa shape index (κ3) is 2.37. The highest BCUT2D eigenvalue weighted by molar-refractivity contribution is 5.90. The van der Waals surface area contributed by atoms with Crippen molar-refractivity contribution in [3.63, 3.8) is 0 Å². The van der Waals surface area contributed by atoms with Crippen molar-refractivity contribution in [1.29, 1.82) is 0 Å². The second-order valence-corrected chi connectivity index (χ2v) is 4.53. The summed E-state index contributed by atoms with van der Waals surface area (Å²) < 4.78 is 0. The van der Waals surface area contributed by atoms with Gasteiger partial charge in [-0.05, 0) is 25.3 Å². The number of nitrogens with one attached hydrogen (secondary N) is 1. The van der Waals surface area contributed by atoms with E-state index in [4.69, 9.17) is 5.73 Å². The monoisotopic (exact) mass is 250 g/mol. The molecule has 0 radical (unpaired) electrons. The number of hydrogen-bond donors (Lipinski definition) is 2. The fourth-order valence-corrected chi connectivity index (χ4v) is 2.39. The van der Waals surface area contributed by atoms with Crippen LogP contribution in [0.5, 0.6) is 0 Å². The first-order valence-electron chi connectivity index (χ1n) is 6.28. The van der Waals surface area contributed by atoms with E-state index in [2.05, 4.69) is 10.2 Å². The van der Waals surface area contributed by atoms with Gasteiger partial charge in [0.1, 0.15) is 5.69 Å². The van der Waals surface area contributed by atoms with Crippen molar-refractivity contribution in [2.45, 2.75) is 38.6 Å². The van der Waals surface area contributed by atoms with E-state index in [-0.39, 0.29) is 17.6 Å². The molecule has 2 heterocycles. The number of piperidine rings is 1. The topological polar surface area (TPSA) is 92.1 Å². The number of primary amides is 1. The molecule has 3 N–H and O–H groups in total. The van der Waals surface area contributed by atoms with Crippen LogP contribution in [0.25, 0.3) is 0 Å². The summed E-state index contributed by atoms with van der Waals surface area (Å²) in [6.45, 7) is 2.62. The Morgan fingerprint density at radius 2 is 2.33 bits per heavy atom. The van der Waals surface area contributed by atoms with Crippen molar-refractivity contribution >= 4 is 11.8 Å². The molecule has 98 valence electrons. The van der Waals surface area contributed by atoms with Gasteiger partial charge in [0, 0.05) is 13.0 Å². The van der Waals surface area contributed by atoms with Crippen LogP contribution in [0.4, 0.5) is 0 Å². The van der Waals surface area contributed by atoms with Crippen LogP contribution in [0, 0.1) is 0 Å². The number of nitrogens with two attached hydrogens (primary N) is 1. The molecular weight excluding hydrogens is 232 g/mol. The summed E-state index contributed by atoms with van der Waals surface area (Å²) in [6, 6.07) is 1.64. The van der Waals surface area contributed by atoms with E-state index in [9.17, 15) is 9.59 Å². The third-order valence-corrected chi connectivity index (χ3v) is 3.33. The van der Waals surface area contributed by atoms with Crippen molar-refractivity contribution < 1.29 is 9.59 Å². The molecule has 1 unspecified atom stereocenters. The second kappa shape index (κ2) is 5.20. The summed E-state index contributed by atoms with van der Waals surface area (Å²) in [5, 5.41) is 6.69. The van der Waals surface area contributed by atoms with E-state index < -0.39 is 5.91 Å². The number of hydrogen-bond acceptors (Lipinski definition) is 3. The molecule has 1 saturated heterocycles. The number of amides is 2. The summed E-state index contributed by atoms with van der Waals surface area (Å²) in [5.41, 5.74) is 6.19. The average Bonchev–Trinajstić information content (AvgIpc) is 2.87. The van der Waals surface area contributed by atoms with Gasteiger partial charge in [0.25, 0.3) is 5.91 Å². The lowest BCUT2D eigenvalue weighted by Gasteiger charge is -2.34. The third-order valence-electron chi connectivity index (χ3n) is 3.33. The lowest BCUT2D eigenvalue weighted by atomic mass is 9.98. The van der Waals surface area contributed by atoms with Gasteiger partial charge >= 0.3 is 0 Å².